The van der Waals surface area contributed by atoms with Gasteiger partial charge in [-0.1, -0.05) is 6.07 Å². The fraction of sp³-hybridized carbons (Fsp3) is 0.467. The van der Waals surface area contributed by atoms with Crippen molar-refractivity contribution >= 4 is 12.1 Å². The van der Waals surface area contributed by atoms with E-state index >= 15 is 0 Å². The maximum absolute atomic E-state index is 11.6. The van der Waals surface area contributed by atoms with Crippen molar-refractivity contribution in [2.45, 2.75) is 39.8 Å². The number of amides is 1. The second kappa shape index (κ2) is 6.41. The molecule has 5 nitrogen and oxygen atoms in total. The van der Waals surface area contributed by atoms with Gasteiger partial charge >= 0.3 is 12.1 Å². The average molecular weight is 279 g/mol. The van der Waals surface area contributed by atoms with Crippen LogP contribution in [0, 0.1) is 6.92 Å². The third-order valence-electron chi connectivity index (χ3n) is 2.39. The van der Waals surface area contributed by atoms with Crippen molar-refractivity contribution in [3.05, 3.63) is 34.9 Å². The van der Waals surface area contributed by atoms with E-state index < -0.39 is 17.7 Å². The number of hydrogen-bond donors (Lipinski definition) is 1. The SMILES string of the molecule is COC(=O)c1cc(C)cc(CNC(=O)OC(C)(C)C)c1. The highest BCUT2D eigenvalue weighted by molar-refractivity contribution is 5.89. The maximum atomic E-state index is 11.6. The van der Waals surface area contributed by atoms with E-state index in [0.29, 0.717) is 12.1 Å². The van der Waals surface area contributed by atoms with Gasteiger partial charge in [0.2, 0.25) is 0 Å². The molecule has 1 N–H and O–H groups in total. The van der Waals surface area contributed by atoms with Crippen molar-refractivity contribution in [1.29, 1.82) is 0 Å². The first-order chi connectivity index (χ1) is 9.21. The Hall–Kier alpha value is -2.04. The summed E-state index contributed by atoms with van der Waals surface area (Å²) in [6.07, 6.45) is -0.487. The van der Waals surface area contributed by atoms with E-state index in [4.69, 9.17) is 4.74 Å². The van der Waals surface area contributed by atoms with Crippen molar-refractivity contribution in [1.82, 2.24) is 5.32 Å². The Labute approximate surface area is 119 Å². The molecule has 0 atom stereocenters. The predicted octanol–water partition coefficient (Wildman–Crippen LogP) is 2.81. The Morgan fingerprint density at radius 2 is 1.85 bits per heavy atom. The number of methoxy groups -OCH3 is 1. The van der Waals surface area contributed by atoms with Crippen LogP contribution in [0.5, 0.6) is 0 Å². The molecule has 110 valence electrons. The average Bonchev–Trinajstić information content (AvgIpc) is 2.32. The summed E-state index contributed by atoms with van der Waals surface area (Å²) < 4.78 is 9.83. The van der Waals surface area contributed by atoms with E-state index in [1.807, 2.05) is 13.0 Å². The third kappa shape index (κ3) is 5.30. The molecule has 20 heavy (non-hydrogen) atoms. The highest BCUT2D eigenvalue weighted by atomic mass is 16.6. The lowest BCUT2D eigenvalue weighted by atomic mass is 10.1. The summed E-state index contributed by atoms with van der Waals surface area (Å²) in [6.45, 7) is 7.57. The highest BCUT2D eigenvalue weighted by Crippen LogP contribution is 2.12. The maximum Gasteiger partial charge on any atom is 0.407 e. The summed E-state index contributed by atoms with van der Waals surface area (Å²) in [5, 5.41) is 2.65. The van der Waals surface area contributed by atoms with Gasteiger partial charge in [0.05, 0.1) is 12.7 Å². The van der Waals surface area contributed by atoms with Crippen LogP contribution in [0.1, 0.15) is 42.3 Å². The molecule has 0 bridgehead atoms. The molecule has 0 heterocycles. The molecule has 1 aromatic rings. The molecule has 0 aliphatic carbocycles. The van der Waals surface area contributed by atoms with Crippen LogP contribution in [-0.2, 0) is 16.0 Å². The Morgan fingerprint density at radius 1 is 1.20 bits per heavy atom. The molecule has 0 fully saturated rings. The quantitative estimate of drug-likeness (QED) is 0.864. The van der Waals surface area contributed by atoms with Crippen LogP contribution in [0.15, 0.2) is 18.2 Å². The zero-order chi connectivity index (χ0) is 15.3. The predicted molar refractivity (Wildman–Crippen MR) is 75.6 cm³/mol. The Bertz CT molecular complexity index is 503. The minimum absolute atomic E-state index is 0.292. The number of rotatable bonds is 3. The number of ether oxygens (including phenoxy) is 2. The lowest BCUT2D eigenvalue weighted by Gasteiger charge is -2.19. The molecular formula is C15H21NO4. The van der Waals surface area contributed by atoms with Crippen LogP contribution in [0.4, 0.5) is 4.79 Å². The van der Waals surface area contributed by atoms with Gasteiger partial charge in [-0.05, 0) is 51.0 Å². The van der Waals surface area contributed by atoms with Gasteiger partial charge in [0.25, 0.3) is 0 Å². The first-order valence-electron chi connectivity index (χ1n) is 6.37. The highest BCUT2D eigenvalue weighted by Gasteiger charge is 2.16. The standard InChI is InChI=1S/C15H21NO4/c1-10-6-11(8-12(7-10)13(17)19-5)9-16-14(18)20-15(2,3)4/h6-8H,9H2,1-5H3,(H,16,18). The van der Waals surface area contributed by atoms with Crippen molar-refractivity contribution in [2.75, 3.05) is 7.11 Å². The molecule has 0 spiro atoms. The first kappa shape index (κ1) is 16.0. The fourth-order valence-electron chi connectivity index (χ4n) is 1.69. The molecule has 0 saturated carbocycles. The van der Waals surface area contributed by atoms with E-state index in [0.717, 1.165) is 11.1 Å². The van der Waals surface area contributed by atoms with Crippen LogP contribution < -0.4 is 5.32 Å². The first-order valence-corrected chi connectivity index (χ1v) is 6.37. The second-order valence-corrected chi connectivity index (χ2v) is 5.55. The summed E-state index contributed by atoms with van der Waals surface area (Å²) in [4.78, 5) is 23.1. The zero-order valence-corrected chi connectivity index (χ0v) is 12.6. The number of carbonyl (C=O) groups is 2. The van der Waals surface area contributed by atoms with Crippen LogP contribution in [0.2, 0.25) is 0 Å². The van der Waals surface area contributed by atoms with Crippen LogP contribution >= 0.6 is 0 Å². The van der Waals surface area contributed by atoms with Crippen LogP contribution in [-0.4, -0.2) is 24.8 Å². The van der Waals surface area contributed by atoms with Gasteiger partial charge in [-0.3, -0.25) is 0 Å². The molecule has 0 radical (unpaired) electrons. The lowest BCUT2D eigenvalue weighted by molar-refractivity contribution is 0.0523. The summed E-state index contributed by atoms with van der Waals surface area (Å²) in [6, 6.07) is 5.32. The Morgan fingerprint density at radius 3 is 2.40 bits per heavy atom. The molecule has 5 heteroatoms. The van der Waals surface area contributed by atoms with Crippen molar-refractivity contribution < 1.29 is 19.1 Å². The number of nitrogens with one attached hydrogen (secondary N) is 1. The number of hydrogen-bond acceptors (Lipinski definition) is 4. The van der Waals surface area contributed by atoms with Gasteiger partial charge in [0.1, 0.15) is 5.60 Å². The lowest BCUT2D eigenvalue weighted by Crippen LogP contribution is -2.32. The minimum atomic E-state index is -0.534. The number of benzene rings is 1. The van der Waals surface area contributed by atoms with Crippen molar-refractivity contribution in [2.24, 2.45) is 0 Å². The molecule has 0 unspecified atom stereocenters. The van der Waals surface area contributed by atoms with E-state index in [2.05, 4.69) is 10.1 Å². The van der Waals surface area contributed by atoms with Gasteiger partial charge in [0.15, 0.2) is 0 Å². The van der Waals surface area contributed by atoms with E-state index in [9.17, 15) is 9.59 Å². The van der Waals surface area contributed by atoms with Gasteiger partial charge in [-0.25, -0.2) is 9.59 Å². The number of carbonyl (C=O) groups excluding carboxylic acids is 2. The molecule has 0 aromatic heterocycles. The van der Waals surface area contributed by atoms with Crippen molar-refractivity contribution in [3.8, 4) is 0 Å². The molecule has 0 aliphatic rings. The summed E-state index contributed by atoms with van der Waals surface area (Å²) in [7, 11) is 1.34. The normalized spacial score (nSPS) is 10.8. The Kier molecular flexibility index (Phi) is 5.13. The molecule has 1 amide bonds. The minimum Gasteiger partial charge on any atom is -0.465 e. The topological polar surface area (TPSA) is 64.6 Å². The molecule has 0 aliphatic heterocycles. The van der Waals surface area contributed by atoms with Gasteiger partial charge in [-0.15, -0.1) is 0 Å². The van der Waals surface area contributed by atoms with Crippen LogP contribution in [0.3, 0.4) is 0 Å². The van der Waals surface area contributed by atoms with Gasteiger partial charge < -0.3 is 14.8 Å². The summed E-state index contributed by atoms with van der Waals surface area (Å²) >= 11 is 0. The molecular weight excluding hydrogens is 258 g/mol. The fourth-order valence-corrected chi connectivity index (χ4v) is 1.69. The largest absolute Gasteiger partial charge is 0.465 e. The van der Waals surface area contributed by atoms with Crippen molar-refractivity contribution in [3.63, 3.8) is 0 Å². The molecule has 1 aromatic carbocycles. The number of aryl methyl sites for hydroxylation is 1. The van der Waals surface area contributed by atoms with E-state index in [-0.39, 0.29) is 0 Å². The van der Waals surface area contributed by atoms with E-state index in [1.165, 1.54) is 7.11 Å². The smallest absolute Gasteiger partial charge is 0.407 e. The summed E-state index contributed by atoms with van der Waals surface area (Å²) in [5.74, 6) is -0.396. The molecule has 0 saturated heterocycles. The summed E-state index contributed by atoms with van der Waals surface area (Å²) in [5.41, 5.74) is 1.67. The third-order valence-corrected chi connectivity index (χ3v) is 2.39. The van der Waals surface area contributed by atoms with Gasteiger partial charge in [-0.2, -0.15) is 0 Å². The molecule has 1 rings (SSSR count). The van der Waals surface area contributed by atoms with Crippen LogP contribution in [0.25, 0.3) is 0 Å². The monoisotopic (exact) mass is 279 g/mol. The number of esters is 1. The Balaban J connectivity index is 2.71. The van der Waals surface area contributed by atoms with Gasteiger partial charge in [0, 0.05) is 6.54 Å². The zero-order valence-electron chi connectivity index (χ0n) is 12.6. The second-order valence-electron chi connectivity index (χ2n) is 5.55. The van der Waals surface area contributed by atoms with E-state index in [1.54, 1.807) is 32.9 Å². The number of alkyl carbamates (subject to hydrolysis) is 1.